The van der Waals surface area contributed by atoms with E-state index in [-0.39, 0.29) is 12.1 Å². The summed E-state index contributed by atoms with van der Waals surface area (Å²) >= 11 is 12.0. The summed E-state index contributed by atoms with van der Waals surface area (Å²) in [5, 5.41) is 0.989. The molecule has 2 unspecified atom stereocenters. The summed E-state index contributed by atoms with van der Waals surface area (Å²) in [4.78, 5) is 0. The lowest BCUT2D eigenvalue weighted by atomic mass is 10.0. The monoisotopic (exact) mass is 245 g/mol. The Kier molecular flexibility index (Phi) is 3.10. The van der Waals surface area contributed by atoms with Crippen LogP contribution < -0.4 is 10.5 Å². The molecule has 2 rings (SSSR count). The molecule has 1 aliphatic heterocycles. The fourth-order valence-electron chi connectivity index (χ4n) is 1.88. The van der Waals surface area contributed by atoms with Gasteiger partial charge in [-0.2, -0.15) is 0 Å². The summed E-state index contributed by atoms with van der Waals surface area (Å²) in [7, 11) is 0. The van der Waals surface area contributed by atoms with E-state index in [2.05, 4.69) is 6.92 Å². The molecule has 2 N–H and O–H groups in total. The minimum absolute atomic E-state index is 0.0287. The maximum atomic E-state index is 6.07. The highest BCUT2D eigenvalue weighted by Crippen LogP contribution is 2.44. The second kappa shape index (κ2) is 4.20. The third-order valence-corrected chi connectivity index (χ3v) is 3.47. The van der Waals surface area contributed by atoms with E-state index < -0.39 is 0 Å². The third-order valence-electron chi connectivity index (χ3n) is 2.68. The van der Waals surface area contributed by atoms with Gasteiger partial charge in [-0.25, -0.2) is 0 Å². The zero-order valence-corrected chi connectivity index (χ0v) is 9.98. The number of hydrogen-bond acceptors (Lipinski definition) is 2. The molecule has 15 heavy (non-hydrogen) atoms. The number of halogens is 2. The minimum Gasteiger partial charge on any atom is -0.486 e. The summed E-state index contributed by atoms with van der Waals surface area (Å²) in [6.07, 6.45) is 2.00. The van der Waals surface area contributed by atoms with Crippen LogP contribution in [0.5, 0.6) is 5.75 Å². The molecule has 0 amide bonds. The van der Waals surface area contributed by atoms with Crippen molar-refractivity contribution in [1.82, 2.24) is 0 Å². The van der Waals surface area contributed by atoms with Gasteiger partial charge in [0.2, 0.25) is 0 Å². The van der Waals surface area contributed by atoms with Gasteiger partial charge < -0.3 is 10.5 Å². The quantitative estimate of drug-likeness (QED) is 0.865. The van der Waals surface area contributed by atoms with E-state index in [0.29, 0.717) is 15.8 Å². The summed E-state index contributed by atoms with van der Waals surface area (Å²) in [6, 6.07) is 3.57. The molecule has 0 saturated heterocycles. The first-order valence-corrected chi connectivity index (χ1v) is 5.81. The van der Waals surface area contributed by atoms with Gasteiger partial charge in [0.1, 0.15) is 16.9 Å². The van der Waals surface area contributed by atoms with Gasteiger partial charge in [-0.05, 0) is 12.5 Å². The molecule has 1 aliphatic rings. The highest BCUT2D eigenvalue weighted by molar-refractivity contribution is 6.43. The summed E-state index contributed by atoms with van der Waals surface area (Å²) in [5.41, 5.74) is 7.03. The molecule has 0 fully saturated rings. The minimum atomic E-state index is -0.0882. The van der Waals surface area contributed by atoms with E-state index in [1.165, 1.54) is 0 Å². The van der Waals surface area contributed by atoms with Gasteiger partial charge in [0.15, 0.2) is 0 Å². The Morgan fingerprint density at radius 2 is 2.13 bits per heavy atom. The number of ether oxygens (including phenoxy) is 1. The van der Waals surface area contributed by atoms with E-state index in [1.807, 2.05) is 6.07 Å². The van der Waals surface area contributed by atoms with Gasteiger partial charge in [0, 0.05) is 5.56 Å². The lowest BCUT2D eigenvalue weighted by molar-refractivity contribution is 0.195. The van der Waals surface area contributed by atoms with Crippen molar-refractivity contribution >= 4 is 23.2 Å². The number of hydrogen-bond donors (Lipinski definition) is 1. The average Bonchev–Trinajstić information content (AvgIpc) is 2.52. The van der Waals surface area contributed by atoms with Crippen molar-refractivity contribution in [3.05, 3.63) is 27.7 Å². The first kappa shape index (κ1) is 11.1. The van der Waals surface area contributed by atoms with Crippen molar-refractivity contribution in [2.24, 2.45) is 5.73 Å². The standard InChI is InChI=1S/C11H13Cl2NO/c1-2-3-8-10(14)6-4-5-7(12)9(13)11(6)15-8/h4-5,8,10H,2-3,14H2,1H3. The third kappa shape index (κ3) is 1.82. The summed E-state index contributed by atoms with van der Waals surface area (Å²) in [6.45, 7) is 2.10. The van der Waals surface area contributed by atoms with Crippen molar-refractivity contribution in [2.45, 2.75) is 31.9 Å². The molecule has 1 aromatic carbocycles. The zero-order valence-electron chi connectivity index (χ0n) is 8.47. The van der Waals surface area contributed by atoms with Crippen LogP contribution in [-0.4, -0.2) is 6.10 Å². The van der Waals surface area contributed by atoms with Crippen LogP contribution in [0.4, 0.5) is 0 Å². The van der Waals surface area contributed by atoms with Gasteiger partial charge in [-0.15, -0.1) is 0 Å². The molecular weight excluding hydrogens is 233 g/mol. The van der Waals surface area contributed by atoms with Crippen molar-refractivity contribution < 1.29 is 4.74 Å². The number of benzene rings is 1. The molecule has 1 heterocycles. The van der Waals surface area contributed by atoms with Crippen molar-refractivity contribution in [3.8, 4) is 5.75 Å². The molecule has 0 aromatic heterocycles. The Morgan fingerprint density at radius 1 is 1.40 bits per heavy atom. The fourth-order valence-corrected chi connectivity index (χ4v) is 2.24. The van der Waals surface area contributed by atoms with Gasteiger partial charge in [0.25, 0.3) is 0 Å². The molecule has 0 spiro atoms. The highest BCUT2D eigenvalue weighted by atomic mass is 35.5. The Balaban J connectivity index is 2.36. The smallest absolute Gasteiger partial charge is 0.144 e. The van der Waals surface area contributed by atoms with Crippen molar-refractivity contribution in [2.75, 3.05) is 0 Å². The van der Waals surface area contributed by atoms with E-state index in [1.54, 1.807) is 6.07 Å². The van der Waals surface area contributed by atoms with Gasteiger partial charge >= 0.3 is 0 Å². The van der Waals surface area contributed by atoms with Gasteiger partial charge in [-0.3, -0.25) is 0 Å². The topological polar surface area (TPSA) is 35.2 Å². The number of rotatable bonds is 2. The highest BCUT2D eigenvalue weighted by Gasteiger charge is 2.32. The molecule has 2 nitrogen and oxygen atoms in total. The lowest BCUT2D eigenvalue weighted by Gasteiger charge is -2.13. The molecule has 1 aromatic rings. The molecule has 82 valence electrons. The molecule has 0 aliphatic carbocycles. The molecule has 4 heteroatoms. The van der Waals surface area contributed by atoms with Crippen LogP contribution in [-0.2, 0) is 0 Å². The SMILES string of the molecule is CCCC1Oc2c(ccc(Cl)c2Cl)C1N. The van der Waals surface area contributed by atoms with Crippen LogP contribution in [0, 0.1) is 0 Å². The van der Waals surface area contributed by atoms with E-state index >= 15 is 0 Å². The Bertz CT molecular complexity index is 381. The maximum absolute atomic E-state index is 6.07. The van der Waals surface area contributed by atoms with Crippen molar-refractivity contribution in [3.63, 3.8) is 0 Å². The number of nitrogens with two attached hydrogens (primary N) is 1. The van der Waals surface area contributed by atoms with Crippen LogP contribution in [0.1, 0.15) is 31.4 Å². The average molecular weight is 246 g/mol. The lowest BCUT2D eigenvalue weighted by Crippen LogP contribution is -2.24. The first-order valence-electron chi connectivity index (χ1n) is 5.05. The largest absolute Gasteiger partial charge is 0.486 e. The summed E-state index contributed by atoms with van der Waals surface area (Å²) in [5.74, 6) is 0.662. The molecule has 2 atom stereocenters. The maximum Gasteiger partial charge on any atom is 0.144 e. The Labute approximate surface area is 99.3 Å². The second-order valence-electron chi connectivity index (χ2n) is 3.75. The second-order valence-corrected chi connectivity index (χ2v) is 4.54. The van der Waals surface area contributed by atoms with Crippen molar-refractivity contribution in [1.29, 1.82) is 0 Å². The zero-order chi connectivity index (χ0) is 11.0. The van der Waals surface area contributed by atoms with E-state index in [4.69, 9.17) is 33.7 Å². The van der Waals surface area contributed by atoms with Crippen LogP contribution in [0.15, 0.2) is 12.1 Å². The Hall–Kier alpha value is -0.440. The van der Waals surface area contributed by atoms with Gasteiger partial charge in [0.05, 0.1) is 11.1 Å². The van der Waals surface area contributed by atoms with E-state index in [9.17, 15) is 0 Å². The fraction of sp³-hybridized carbons (Fsp3) is 0.455. The summed E-state index contributed by atoms with van der Waals surface area (Å²) < 4.78 is 5.73. The molecular formula is C11H13Cl2NO. The normalized spacial score (nSPS) is 23.7. The molecule has 0 saturated carbocycles. The molecule has 0 radical (unpaired) electrons. The van der Waals surface area contributed by atoms with Crippen LogP contribution in [0.2, 0.25) is 10.0 Å². The number of fused-ring (bicyclic) bond motifs is 1. The predicted octanol–water partition coefficient (Wildman–Crippen LogP) is 3.55. The first-order chi connectivity index (χ1) is 7.15. The van der Waals surface area contributed by atoms with E-state index in [0.717, 1.165) is 18.4 Å². The van der Waals surface area contributed by atoms with Gasteiger partial charge in [-0.1, -0.05) is 42.6 Å². The molecule has 0 bridgehead atoms. The Morgan fingerprint density at radius 3 is 2.80 bits per heavy atom. The van der Waals surface area contributed by atoms with Crippen LogP contribution in [0.25, 0.3) is 0 Å². The van der Waals surface area contributed by atoms with Crippen LogP contribution in [0.3, 0.4) is 0 Å². The van der Waals surface area contributed by atoms with Crippen LogP contribution >= 0.6 is 23.2 Å². The predicted molar refractivity (Wildman–Crippen MR) is 62.7 cm³/mol.